The molecule has 0 bridgehead atoms. The van der Waals surface area contributed by atoms with Crippen LogP contribution in [0.25, 0.3) is 11.1 Å². The number of carboxylic acids is 1. The van der Waals surface area contributed by atoms with Crippen molar-refractivity contribution in [3.05, 3.63) is 54.1 Å². The van der Waals surface area contributed by atoms with E-state index in [0.29, 0.717) is 26.2 Å². The number of ether oxygens (including phenoxy) is 1. The van der Waals surface area contributed by atoms with E-state index in [1.54, 1.807) is 16.8 Å². The molecule has 0 aliphatic carbocycles. The molecular weight excluding hydrogens is 370 g/mol. The summed E-state index contributed by atoms with van der Waals surface area (Å²) in [5.41, 5.74) is 4.11. The van der Waals surface area contributed by atoms with Gasteiger partial charge in [0.25, 0.3) is 0 Å². The Labute approximate surface area is 170 Å². The van der Waals surface area contributed by atoms with Crippen molar-refractivity contribution in [3.63, 3.8) is 0 Å². The van der Waals surface area contributed by atoms with Gasteiger partial charge in [-0.25, -0.2) is 4.79 Å². The highest BCUT2D eigenvalue weighted by molar-refractivity contribution is 5.90. The van der Waals surface area contributed by atoms with Gasteiger partial charge >= 0.3 is 12.0 Å². The summed E-state index contributed by atoms with van der Waals surface area (Å²) in [5, 5.41) is 11.8. The number of carbonyl (C=O) groups is 2. The summed E-state index contributed by atoms with van der Waals surface area (Å²) in [5.74, 6) is -0.882. The van der Waals surface area contributed by atoms with Gasteiger partial charge in [0.15, 0.2) is 0 Å². The van der Waals surface area contributed by atoms with E-state index in [4.69, 9.17) is 9.84 Å². The molecule has 0 radical (unpaired) electrons. The first kappa shape index (κ1) is 20.8. The lowest BCUT2D eigenvalue weighted by molar-refractivity contribution is -0.138. The zero-order valence-electron chi connectivity index (χ0n) is 16.8. The number of urea groups is 1. The Bertz CT molecular complexity index is 856. The number of likely N-dealkylation sites (N-methyl/N-ethyl adjacent to an activating group) is 1. The Kier molecular flexibility index (Phi) is 6.85. The van der Waals surface area contributed by atoms with Crippen molar-refractivity contribution in [2.75, 3.05) is 45.2 Å². The first-order valence-electron chi connectivity index (χ1n) is 9.66. The number of rotatable bonds is 6. The third kappa shape index (κ3) is 5.79. The Morgan fingerprint density at radius 1 is 1.24 bits per heavy atom. The quantitative estimate of drug-likeness (QED) is 0.783. The first-order chi connectivity index (χ1) is 13.9. The molecule has 1 unspecified atom stereocenters. The van der Waals surface area contributed by atoms with Crippen LogP contribution in [0.4, 0.5) is 10.5 Å². The molecular formula is C22H27N3O4. The molecule has 0 spiro atoms. The number of anilines is 1. The third-order valence-electron chi connectivity index (χ3n) is 4.91. The van der Waals surface area contributed by atoms with Crippen LogP contribution in [0.5, 0.6) is 0 Å². The van der Waals surface area contributed by atoms with Gasteiger partial charge in [-0.2, -0.15) is 0 Å². The van der Waals surface area contributed by atoms with Crippen molar-refractivity contribution in [1.82, 2.24) is 9.80 Å². The maximum atomic E-state index is 12.7. The van der Waals surface area contributed by atoms with Crippen molar-refractivity contribution < 1.29 is 19.4 Å². The van der Waals surface area contributed by atoms with Gasteiger partial charge in [0.05, 0.1) is 19.3 Å². The predicted molar refractivity (Wildman–Crippen MR) is 112 cm³/mol. The van der Waals surface area contributed by atoms with E-state index in [1.807, 2.05) is 43.3 Å². The third-order valence-corrected chi connectivity index (χ3v) is 4.91. The number of aryl methyl sites for hydroxylation is 1. The van der Waals surface area contributed by atoms with Gasteiger partial charge in [-0.15, -0.1) is 0 Å². The predicted octanol–water partition coefficient (Wildman–Crippen LogP) is 2.91. The van der Waals surface area contributed by atoms with Crippen LogP contribution in [0.15, 0.2) is 48.5 Å². The van der Waals surface area contributed by atoms with E-state index in [2.05, 4.69) is 17.4 Å². The molecule has 1 atom stereocenters. The standard InChI is InChI=1S/C22H27N3O4/c1-16-12-18(8-9-20(16)17-6-4-3-5-7-17)23-22(28)25-10-11-29-19(14-25)13-24(2)15-21(26)27/h3-9,12,19H,10-11,13-15H2,1-2H3,(H,23,28)(H,26,27). The second kappa shape index (κ2) is 9.54. The lowest BCUT2D eigenvalue weighted by Gasteiger charge is -2.34. The number of hydrogen-bond donors (Lipinski definition) is 2. The summed E-state index contributed by atoms with van der Waals surface area (Å²) in [4.78, 5) is 26.9. The molecule has 1 heterocycles. The second-order valence-corrected chi connectivity index (χ2v) is 7.36. The van der Waals surface area contributed by atoms with E-state index in [1.165, 1.54) is 0 Å². The van der Waals surface area contributed by atoms with Crippen LogP contribution in [-0.2, 0) is 9.53 Å². The van der Waals surface area contributed by atoms with E-state index < -0.39 is 5.97 Å². The zero-order valence-corrected chi connectivity index (χ0v) is 16.8. The number of nitrogens with one attached hydrogen (secondary N) is 1. The number of nitrogens with zero attached hydrogens (tertiary/aromatic N) is 2. The normalized spacial score (nSPS) is 16.7. The highest BCUT2D eigenvalue weighted by Gasteiger charge is 2.25. The number of hydrogen-bond acceptors (Lipinski definition) is 4. The second-order valence-electron chi connectivity index (χ2n) is 7.36. The Morgan fingerprint density at radius 3 is 2.69 bits per heavy atom. The molecule has 2 aromatic carbocycles. The van der Waals surface area contributed by atoms with E-state index >= 15 is 0 Å². The van der Waals surface area contributed by atoms with Crippen LogP contribution in [0, 0.1) is 6.92 Å². The average Bonchev–Trinajstić information content (AvgIpc) is 2.68. The Balaban J connectivity index is 1.59. The largest absolute Gasteiger partial charge is 0.480 e. The van der Waals surface area contributed by atoms with Gasteiger partial charge in [0.2, 0.25) is 0 Å². The van der Waals surface area contributed by atoms with Gasteiger partial charge in [-0.3, -0.25) is 9.69 Å². The minimum Gasteiger partial charge on any atom is -0.480 e. The summed E-state index contributed by atoms with van der Waals surface area (Å²) in [6.07, 6.45) is -0.207. The number of morpholine rings is 1. The minimum atomic E-state index is -0.882. The summed E-state index contributed by atoms with van der Waals surface area (Å²) in [6, 6.07) is 15.9. The van der Waals surface area contributed by atoms with Crippen LogP contribution >= 0.6 is 0 Å². The molecule has 2 N–H and O–H groups in total. The number of benzene rings is 2. The fourth-order valence-electron chi connectivity index (χ4n) is 3.54. The molecule has 0 saturated carbocycles. The fraction of sp³-hybridized carbons (Fsp3) is 0.364. The van der Waals surface area contributed by atoms with Gasteiger partial charge in [-0.1, -0.05) is 36.4 Å². The van der Waals surface area contributed by atoms with Crippen LogP contribution < -0.4 is 5.32 Å². The van der Waals surface area contributed by atoms with E-state index in [0.717, 1.165) is 22.4 Å². The molecule has 0 aromatic heterocycles. The maximum absolute atomic E-state index is 12.7. The molecule has 3 rings (SSSR count). The maximum Gasteiger partial charge on any atom is 0.322 e. The van der Waals surface area contributed by atoms with Gasteiger partial charge in [-0.05, 0) is 42.8 Å². The molecule has 1 aliphatic heterocycles. The van der Waals surface area contributed by atoms with Gasteiger partial charge in [0.1, 0.15) is 0 Å². The van der Waals surface area contributed by atoms with Crippen LogP contribution in [0.3, 0.4) is 0 Å². The van der Waals surface area contributed by atoms with Gasteiger partial charge < -0.3 is 20.1 Å². The number of aliphatic carboxylic acids is 1. The van der Waals surface area contributed by atoms with Crippen molar-refractivity contribution in [2.24, 2.45) is 0 Å². The molecule has 2 aromatic rings. The molecule has 1 aliphatic rings. The summed E-state index contributed by atoms with van der Waals surface area (Å²) in [7, 11) is 1.73. The van der Waals surface area contributed by atoms with E-state index in [9.17, 15) is 9.59 Å². The van der Waals surface area contributed by atoms with Gasteiger partial charge in [0, 0.05) is 25.3 Å². The van der Waals surface area contributed by atoms with Crippen LogP contribution in [0.1, 0.15) is 5.56 Å². The lowest BCUT2D eigenvalue weighted by Crippen LogP contribution is -2.50. The van der Waals surface area contributed by atoms with Crippen molar-refractivity contribution in [2.45, 2.75) is 13.0 Å². The van der Waals surface area contributed by atoms with Crippen molar-refractivity contribution >= 4 is 17.7 Å². The molecule has 29 heavy (non-hydrogen) atoms. The number of carboxylic acid groups (broad SMARTS) is 1. The Hall–Kier alpha value is -2.90. The monoisotopic (exact) mass is 397 g/mol. The lowest BCUT2D eigenvalue weighted by atomic mass is 10.0. The van der Waals surface area contributed by atoms with Crippen LogP contribution in [0.2, 0.25) is 0 Å². The van der Waals surface area contributed by atoms with Crippen LogP contribution in [-0.4, -0.2) is 72.8 Å². The smallest absolute Gasteiger partial charge is 0.322 e. The SMILES string of the molecule is Cc1cc(NC(=O)N2CCOC(CN(C)CC(=O)O)C2)ccc1-c1ccccc1. The average molecular weight is 397 g/mol. The molecule has 2 amide bonds. The summed E-state index contributed by atoms with van der Waals surface area (Å²) in [6.45, 7) is 3.80. The fourth-order valence-corrected chi connectivity index (χ4v) is 3.54. The Morgan fingerprint density at radius 2 is 2.00 bits per heavy atom. The topological polar surface area (TPSA) is 82.1 Å². The number of carbonyl (C=O) groups excluding carboxylic acids is 1. The molecule has 154 valence electrons. The molecule has 1 fully saturated rings. The number of amides is 2. The minimum absolute atomic E-state index is 0.0565. The summed E-state index contributed by atoms with van der Waals surface area (Å²) >= 11 is 0. The first-order valence-corrected chi connectivity index (χ1v) is 9.66. The molecule has 7 nitrogen and oxygen atoms in total. The highest BCUT2D eigenvalue weighted by Crippen LogP contribution is 2.26. The van der Waals surface area contributed by atoms with Crippen molar-refractivity contribution in [3.8, 4) is 11.1 Å². The van der Waals surface area contributed by atoms with E-state index in [-0.39, 0.29) is 18.7 Å². The zero-order chi connectivity index (χ0) is 20.8. The molecule has 1 saturated heterocycles. The van der Waals surface area contributed by atoms with Crippen molar-refractivity contribution in [1.29, 1.82) is 0 Å². The summed E-state index contributed by atoms with van der Waals surface area (Å²) < 4.78 is 5.69. The highest BCUT2D eigenvalue weighted by atomic mass is 16.5. The molecule has 7 heteroatoms.